The average Bonchev–Trinajstić information content (AvgIpc) is 1.57. The van der Waals surface area contributed by atoms with Crippen LogP contribution < -0.4 is 4.74 Å². The summed E-state index contributed by atoms with van der Waals surface area (Å²) < 4.78 is 19.9. The molecule has 1 aliphatic rings. The first-order valence-electron chi connectivity index (χ1n) is 31.3. The largest absolute Gasteiger partial charge is 0.485 e. The maximum atomic E-state index is 6.79. The lowest BCUT2D eigenvalue weighted by molar-refractivity contribution is 0.270. The lowest BCUT2D eigenvalue weighted by Crippen LogP contribution is -2.14. The Morgan fingerprint density at radius 3 is 1.36 bits per heavy atom. The highest BCUT2D eigenvalue weighted by Crippen LogP contribution is 2.48. The first-order chi connectivity index (χ1) is 46.4. The predicted molar refractivity (Wildman–Crippen MR) is 377 cm³/mol. The van der Waals surface area contributed by atoms with E-state index >= 15 is 0 Å². The molecule has 6 aromatic heterocycles. The van der Waals surface area contributed by atoms with E-state index in [4.69, 9.17) is 48.5 Å². The fraction of sp³-hybridized carbons (Fsp3) is 0.0361. The molecule has 0 saturated carbocycles. The highest BCUT2D eigenvalue weighted by atomic mass is 16.5. The van der Waals surface area contributed by atoms with E-state index in [-0.39, 0.29) is 12.0 Å². The Morgan fingerprint density at radius 2 is 0.787 bits per heavy atom. The van der Waals surface area contributed by atoms with Crippen molar-refractivity contribution in [2.24, 2.45) is 0 Å². The van der Waals surface area contributed by atoms with Crippen LogP contribution in [0.5, 0.6) is 5.75 Å². The van der Waals surface area contributed by atoms with Gasteiger partial charge < -0.3 is 13.6 Å². The van der Waals surface area contributed by atoms with Crippen LogP contribution in [0.15, 0.2) is 289 Å². The number of aromatic nitrogens is 8. The zero-order chi connectivity index (χ0) is 62.4. The van der Waals surface area contributed by atoms with Crippen LogP contribution in [-0.2, 0) is 0 Å². The minimum absolute atomic E-state index is 0.102. The van der Waals surface area contributed by atoms with Gasteiger partial charge in [-0.15, -0.1) is 6.58 Å². The summed E-state index contributed by atoms with van der Waals surface area (Å²) in [7, 11) is 0. The van der Waals surface area contributed by atoms with Gasteiger partial charge in [0.15, 0.2) is 34.9 Å². The van der Waals surface area contributed by atoms with Gasteiger partial charge in [-0.05, 0) is 153 Å². The second-order valence-corrected chi connectivity index (χ2v) is 23.7. The lowest BCUT2D eigenvalue weighted by atomic mass is 9.91. The molecule has 7 heterocycles. The molecule has 0 aliphatic carbocycles. The molecule has 0 saturated heterocycles. The number of hydrogen-bond acceptors (Lipinski definition) is 11. The highest BCUT2D eigenvalue weighted by Gasteiger charge is 2.34. The minimum Gasteiger partial charge on any atom is -0.485 e. The van der Waals surface area contributed by atoms with E-state index in [1.54, 1.807) is 12.4 Å². The molecular weight excluding hydrogens is 1160 g/mol. The van der Waals surface area contributed by atoms with Gasteiger partial charge in [-0.2, -0.15) is 0 Å². The summed E-state index contributed by atoms with van der Waals surface area (Å²) in [5.74, 6) is 3.94. The van der Waals surface area contributed by atoms with E-state index in [0.29, 0.717) is 52.0 Å². The number of rotatable bonds is 11. The molecule has 442 valence electrons. The summed E-state index contributed by atoms with van der Waals surface area (Å²) in [6, 6.07) is 83.7. The van der Waals surface area contributed by atoms with Crippen LogP contribution in [0.3, 0.4) is 0 Å². The van der Waals surface area contributed by atoms with Gasteiger partial charge in [0.05, 0.1) is 0 Å². The number of benzene rings is 11. The number of ether oxygens (including phenoxy) is 1. The van der Waals surface area contributed by atoms with E-state index in [0.717, 1.165) is 132 Å². The molecule has 1 aliphatic heterocycles. The van der Waals surface area contributed by atoms with Crippen LogP contribution in [-0.4, -0.2) is 46.0 Å². The maximum absolute atomic E-state index is 6.79. The van der Waals surface area contributed by atoms with Gasteiger partial charge in [-0.25, -0.2) is 39.9 Å². The van der Waals surface area contributed by atoms with Crippen LogP contribution in [0.2, 0.25) is 0 Å². The molecule has 17 aromatic rings. The molecule has 11 heteroatoms. The van der Waals surface area contributed by atoms with Crippen LogP contribution in [0.4, 0.5) is 0 Å². The number of hydrogen-bond donors (Lipinski definition) is 0. The molecule has 0 fully saturated rings. The van der Waals surface area contributed by atoms with Crippen LogP contribution in [0.25, 0.3) is 178 Å². The van der Waals surface area contributed by atoms with Gasteiger partial charge in [-0.1, -0.05) is 170 Å². The van der Waals surface area contributed by atoms with Crippen molar-refractivity contribution in [2.45, 2.75) is 18.9 Å². The molecule has 11 nitrogen and oxygen atoms in total. The number of furan rings is 2. The maximum Gasteiger partial charge on any atom is 0.227 e. The highest BCUT2D eigenvalue weighted by molar-refractivity contribution is 6.17. The quantitative estimate of drug-likeness (QED) is 0.114. The first kappa shape index (κ1) is 54.3. The van der Waals surface area contributed by atoms with Crippen molar-refractivity contribution in [3.63, 3.8) is 0 Å². The van der Waals surface area contributed by atoms with Crippen LogP contribution >= 0.6 is 0 Å². The fourth-order valence-electron chi connectivity index (χ4n) is 13.6. The Labute approximate surface area is 538 Å². The predicted octanol–water partition coefficient (Wildman–Crippen LogP) is 20.7. The zero-order valence-corrected chi connectivity index (χ0v) is 50.6. The SMILES string of the molecule is C=CC1c2c(cccc2-c2nc(-c3ccccc3)nc(-c3ccc(-c4ccc5cc(-c6ccc7ccc(-c8nc(-c9ccccc9)nc(-c9ccc(-c%10ccc%11ccccc%11c%10)c%10oc%11ncccc%11c9%10)n8)cc7c6)ccc5c4)c4oc5ncccc5c34)n2)OC1/C=C\C. The van der Waals surface area contributed by atoms with Crippen LogP contribution in [0, 0.1) is 0 Å². The van der Waals surface area contributed by atoms with Gasteiger partial charge in [0.1, 0.15) is 23.0 Å². The first-order valence-corrected chi connectivity index (χ1v) is 31.3. The summed E-state index contributed by atoms with van der Waals surface area (Å²) >= 11 is 0. The number of allylic oxidation sites excluding steroid dienone is 1. The van der Waals surface area contributed by atoms with Crippen molar-refractivity contribution in [2.75, 3.05) is 0 Å². The second kappa shape index (κ2) is 22.1. The van der Waals surface area contributed by atoms with E-state index < -0.39 is 0 Å². The molecule has 0 N–H and O–H groups in total. The summed E-state index contributed by atoms with van der Waals surface area (Å²) in [6.45, 7) is 6.23. The van der Waals surface area contributed by atoms with Gasteiger partial charge >= 0.3 is 0 Å². The molecule has 0 bridgehead atoms. The van der Waals surface area contributed by atoms with Crippen molar-refractivity contribution in [3.8, 4) is 107 Å². The summed E-state index contributed by atoms with van der Waals surface area (Å²) in [5, 5.41) is 10.1. The van der Waals surface area contributed by atoms with Crippen molar-refractivity contribution in [1.29, 1.82) is 0 Å². The second-order valence-electron chi connectivity index (χ2n) is 23.7. The van der Waals surface area contributed by atoms with Gasteiger partial charge in [0.25, 0.3) is 0 Å². The van der Waals surface area contributed by atoms with E-state index in [1.807, 2.05) is 110 Å². The molecule has 0 spiro atoms. The Hall–Kier alpha value is -12.6. The molecule has 0 amide bonds. The zero-order valence-electron chi connectivity index (χ0n) is 50.6. The standard InChI is InChI=1S/C83H52N8O3/c1-3-16-69-61(4-2)71-64(23-13-26-70(71)92-69)79-88-77(51-20-9-6-10-21-51)89-81(91-79)66-40-38-63(75-73(66)68-25-15-42-85-83(68)94-75)58-35-33-54-43-53(31-32-55(54)45-58)56-30-27-49-29-36-59(47-60(49)46-56)78-86-76(50-18-7-5-8-19-50)87-80(90-78)65-39-37-62(57-34-28-48-17-11-12-22-52(48)44-57)74-72(65)67-24-14-41-84-82(67)93-74/h3-47,61,69H,2H2,1H3/b16-3-. The number of fused-ring (bicyclic) bond motifs is 10. The average molecular weight is 1210 g/mol. The molecule has 2 atom stereocenters. The van der Waals surface area contributed by atoms with E-state index in [1.165, 1.54) is 5.39 Å². The van der Waals surface area contributed by atoms with Crippen molar-refractivity contribution in [1.82, 2.24) is 39.9 Å². The normalized spacial score (nSPS) is 13.9. The van der Waals surface area contributed by atoms with Gasteiger partial charge in [-0.3, -0.25) is 0 Å². The Morgan fingerprint density at radius 1 is 0.351 bits per heavy atom. The van der Waals surface area contributed by atoms with Crippen molar-refractivity contribution < 1.29 is 13.6 Å². The van der Waals surface area contributed by atoms with Crippen molar-refractivity contribution >= 4 is 76.5 Å². The van der Waals surface area contributed by atoms with Crippen molar-refractivity contribution in [3.05, 3.63) is 285 Å². The molecule has 94 heavy (non-hydrogen) atoms. The third-order valence-corrected chi connectivity index (χ3v) is 18.1. The summed E-state index contributed by atoms with van der Waals surface area (Å²) in [4.78, 5) is 40.8. The third-order valence-electron chi connectivity index (χ3n) is 18.1. The summed E-state index contributed by atoms with van der Waals surface area (Å²) in [6.07, 6.45) is 9.35. The smallest absolute Gasteiger partial charge is 0.227 e. The molecule has 0 radical (unpaired) electrons. The fourth-order valence-corrected chi connectivity index (χ4v) is 13.6. The number of nitrogens with zero attached hydrogens (tertiary/aromatic N) is 8. The topological polar surface area (TPSA) is 139 Å². The monoisotopic (exact) mass is 1210 g/mol. The molecule has 11 aromatic carbocycles. The number of pyridine rings is 2. The Balaban J connectivity index is 0.706. The molecule has 2 unspecified atom stereocenters. The third kappa shape index (κ3) is 9.19. The van der Waals surface area contributed by atoms with E-state index in [9.17, 15) is 0 Å². The van der Waals surface area contributed by atoms with Gasteiger partial charge in [0.2, 0.25) is 11.4 Å². The molecular formula is C83H52N8O3. The van der Waals surface area contributed by atoms with E-state index in [2.05, 4.69) is 169 Å². The Bertz CT molecular complexity index is 5980. The lowest BCUT2D eigenvalue weighted by Gasteiger charge is -2.14. The van der Waals surface area contributed by atoms with Crippen LogP contribution in [0.1, 0.15) is 18.4 Å². The molecule has 18 rings (SSSR count). The minimum atomic E-state index is -0.195. The Kier molecular flexibility index (Phi) is 12.8. The summed E-state index contributed by atoms with van der Waals surface area (Å²) in [5.41, 5.74) is 14.7. The van der Waals surface area contributed by atoms with Gasteiger partial charge in [0, 0.05) is 89.9 Å².